The minimum absolute atomic E-state index is 0.359. The van der Waals surface area contributed by atoms with Gasteiger partial charge in [-0.05, 0) is 12.1 Å². The first-order valence-corrected chi connectivity index (χ1v) is 4.96. The van der Waals surface area contributed by atoms with Gasteiger partial charge in [0.05, 0.1) is 6.54 Å². The number of rotatable bonds is 3. The van der Waals surface area contributed by atoms with Gasteiger partial charge in [-0.2, -0.15) is 5.10 Å². The van der Waals surface area contributed by atoms with E-state index in [1.165, 1.54) is 6.33 Å². The predicted octanol–water partition coefficient (Wildman–Crippen LogP) is 1.81. The van der Waals surface area contributed by atoms with E-state index < -0.39 is 0 Å². The Bertz CT molecular complexity index is 478. The first-order chi connectivity index (χ1) is 7.79. The van der Waals surface area contributed by atoms with E-state index in [1.54, 1.807) is 35.3 Å². The molecule has 0 bridgehead atoms. The van der Waals surface area contributed by atoms with Crippen LogP contribution in [0.5, 0.6) is 0 Å². The molecule has 2 aromatic rings. The van der Waals surface area contributed by atoms with Crippen molar-refractivity contribution in [3.05, 3.63) is 47.5 Å². The smallest absolute Gasteiger partial charge is 0.137 e. The van der Waals surface area contributed by atoms with Gasteiger partial charge in [-0.25, -0.2) is 9.67 Å². The molecule has 82 valence electrons. The van der Waals surface area contributed by atoms with Gasteiger partial charge in [-0.3, -0.25) is 0 Å². The molecule has 1 N–H and O–H groups in total. The van der Waals surface area contributed by atoms with Gasteiger partial charge in [-0.15, -0.1) is 0 Å². The fourth-order valence-electron chi connectivity index (χ4n) is 1.29. The van der Waals surface area contributed by atoms with Crippen molar-refractivity contribution in [2.24, 2.45) is 5.16 Å². The highest BCUT2D eigenvalue weighted by Gasteiger charge is 2.05. The Morgan fingerprint density at radius 3 is 2.69 bits per heavy atom. The highest BCUT2D eigenvalue weighted by atomic mass is 35.5. The third kappa shape index (κ3) is 2.38. The maximum Gasteiger partial charge on any atom is 0.137 e. The summed E-state index contributed by atoms with van der Waals surface area (Å²) in [5.41, 5.74) is 1.30. The number of halogens is 1. The molecular formula is C10H9ClN4O. The van der Waals surface area contributed by atoms with Crippen molar-refractivity contribution in [3.63, 3.8) is 0 Å². The molecule has 16 heavy (non-hydrogen) atoms. The first-order valence-electron chi connectivity index (χ1n) is 4.59. The molecule has 0 fully saturated rings. The third-order valence-electron chi connectivity index (χ3n) is 2.08. The van der Waals surface area contributed by atoms with Crippen molar-refractivity contribution in [3.8, 4) is 0 Å². The summed E-state index contributed by atoms with van der Waals surface area (Å²) in [7, 11) is 0. The van der Waals surface area contributed by atoms with Gasteiger partial charge in [0.2, 0.25) is 0 Å². The highest BCUT2D eigenvalue weighted by Crippen LogP contribution is 2.11. The normalized spacial score (nSPS) is 11.7. The third-order valence-corrected chi connectivity index (χ3v) is 2.33. The molecule has 0 amide bonds. The van der Waals surface area contributed by atoms with E-state index in [2.05, 4.69) is 15.2 Å². The number of aromatic nitrogens is 3. The molecule has 0 aliphatic rings. The lowest BCUT2D eigenvalue weighted by Gasteiger charge is -2.04. The number of hydrogen-bond donors (Lipinski definition) is 1. The Morgan fingerprint density at radius 2 is 2.12 bits per heavy atom. The summed E-state index contributed by atoms with van der Waals surface area (Å²) in [6, 6.07) is 7.05. The van der Waals surface area contributed by atoms with Crippen molar-refractivity contribution < 1.29 is 5.21 Å². The first kappa shape index (κ1) is 10.6. The second-order valence-corrected chi connectivity index (χ2v) is 3.58. The lowest BCUT2D eigenvalue weighted by Crippen LogP contribution is -2.12. The summed E-state index contributed by atoms with van der Waals surface area (Å²) >= 11 is 5.77. The fourth-order valence-corrected chi connectivity index (χ4v) is 1.42. The van der Waals surface area contributed by atoms with Gasteiger partial charge in [0.15, 0.2) is 0 Å². The summed E-state index contributed by atoms with van der Waals surface area (Å²) in [5, 5.41) is 16.8. The van der Waals surface area contributed by atoms with Gasteiger partial charge >= 0.3 is 0 Å². The van der Waals surface area contributed by atoms with Crippen molar-refractivity contribution in [1.29, 1.82) is 0 Å². The van der Waals surface area contributed by atoms with Crippen LogP contribution in [0.15, 0.2) is 42.1 Å². The molecule has 0 saturated heterocycles. The summed E-state index contributed by atoms with van der Waals surface area (Å²) in [6.07, 6.45) is 2.98. The van der Waals surface area contributed by atoms with Gasteiger partial charge in [0.1, 0.15) is 18.4 Å². The van der Waals surface area contributed by atoms with Crippen LogP contribution in [0.3, 0.4) is 0 Å². The van der Waals surface area contributed by atoms with Crippen LogP contribution in [0.25, 0.3) is 0 Å². The average Bonchev–Trinajstić information content (AvgIpc) is 2.80. The summed E-state index contributed by atoms with van der Waals surface area (Å²) in [5.74, 6) is 0. The minimum atomic E-state index is 0.359. The molecule has 0 atom stereocenters. The lowest BCUT2D eigenvalue weighted by atomic mass is 10.1. The Morgan fingerprint density at radius 1 is 1.38 bits per heavy atom. The van der Waals surface area contributed by atoms with E-state index in [0.717, 1.165) is 5.56 Å². The van der Waals surface area contributed by atoms with E-state index in [1.807, 2.05) is 0 Å². The lowest BCUT2D eigenvalue weighted by molar-refractivity contribution is 0.317. The summed E-state index contributed by atoms with van der Waals surface area (Å²) in [6.45, 7) is 0.359. The molecule has 1 aromatic heterocycles. The molecule has 0 unspecified atom stereocenters. The van der Waals surface area contributed by atoms with Crippen LogP contribution in [0.1, 0.15) is 5.56 Å². The van der Waals surface area contributed by atoms with Crippen LogP contribution in [-0.2, 0) is 6.54 Å². The van der Waals surface area contributed by atoms with E-state index in [4.69, 9.17) is 16.8 Å². The maximum absolute atomic E-state index is 8.94. The zero-order chi connectivity index (χ0) is 11.4. The minimum Gasteiger partial charge on any atom is -0.411 e. The molecule has 2 rings (SSSR count). The quantitative estimate of drug-likeness (QED) is 0.502. The molecule has 0 aliphatic heterocycles. The predicted molar refractivity (Wildman–Crippen MR) is 59.8 cm³/mol. The second kappa shape index (κ2) is 4.76. The number of hydrogen-bond acceptors (Lipinski definition) is 4. The van der Waals surface area contributed by atoms with Crippen LogP contribution in [0, 0.1) is 0 Å². The molecule has 0 spiro atoms. The molecule has 0 saturated carbocycles. The van der Waals surface area contributed by atoms with Crippen LogP contribution in [0.4, 0.5) is 0 Å². The molecule has 0 aliphatic carbocycles. The van der Waals surface area contributed by atoms with Crippen LogP contribution >= 0.6 is 11.6 Å². The second-order valence-electron chi connectivity index (χ2n) is 3.15. The van der Waals surface area contributed by atoms with Crippen molar-refractivity contribution >= 4 is 17.3 Å². The van der Waals surface area contributed by atoms with Crippen LogP contribution < -0.4 is 0 Å². The summed E-state index contributed by atoms with van der Waals surface area (Å²) in [4.78, 5) is 3.81. The Labute approximate surface area is 97.0 Å². The topological polar surface area (TPSA) is 63.3 Å². The van der Waals surface area contributed by atoms with Crippen LogP contribution in [0.2, 0.25) is 5.02 Å². The van der Waals surface area contributed by atoms with Gasteiger partial charge < -0.3 is 5.21 Å². The van der Waals surface area contributed by atoms with Crippen molar-refractivity contribution in [2.45, 2.75) is 6.54 Å². The number of oxime groups is 1. The van der Waals surface area contributed by atoms with Gasteiger partial charge in [-0.1, -0.05) is 28.9 Å². The highest BCUT2D eigenvalue weighted by molar-refractivity contribution is 6.30. The maximum atomic E-state index is 8.94. The summed E-state index contributed by atoms with van der Waals surface area (Å²) < 4.78 is 1.57. The van der Waals surface area contributed by atoms with Crippen LogP contribution in [-0.4, -0.2) is 25.7 Å². The number of nitrogens with zero attached hydrogens (tertiary/aromatic N) is 4. The number of benzene rings is 1. The standard InChI is InChI=1S/C10H9ClN4O/c11-9-3-1-8(2-4-9)10(14-16)5-15-7-12-6-13-15/h1-4,6-7,16H,5H2/b14-10-. The monoisotopic (exact) mass is 236 g/mol. The molecule has 0 radical (unpaired) electrons. The SMILES string of the molecule is O/N=C(/Cn1cncn1)c1ccc(Cl)cc1. The Balaban J connectivity index is 2.20. The molecular weight excluding hydrogens is 228 g/mol. The van der Waals surface area contributed by atoms with E-state index >= 15 is 0 Å². The Kier molecular flexibility index (Phi) is 3.16. The molecule has 1 heterocycles. The van der Waals surface area contributed by atoms with E-state index in [0.29, 0.717) is 17.3 Å². The van der Waals surface area contributed by atoms with Crippen molar-refractivity contribution in [2.75, 3.05) is 0 Å². The van der Waals surface area contributed by atoms with Gasteiger partial charge in [0, 0.05) is 10.6 Å². The average molecular weight is 237 g/mol. The van der Waals surface area contributed by atoms with E-state index in [9.17, 15) is 0 Å². The van der Waals surface area contributed by atoms with E-state index in [-0.39, 0.29) is 0 Å². The largest absolute Gasteiger partial charge is 0.411 e. The molecule has 5 nitrogen and oxygen atoms in total. The molecule has 1 aromatic carbocycles. The Hall–Kier alpha value is -1.88. The zero-order valence-electron chi connectivity index (χ0n) is 8.29. The van der Waals surface area contributed by atoms with Gasteiger partial charge in [0.25, 0.3) is 0 Å². The van der Waals surface area contributed by atoms with Crippen molar-refractivity contribution in [1.82, 2.24) is 14.8 Å². The zero-order valence-corrected chi connectivity index (χ0v) is 9.04. The fraction of sp³-hybridized carbons (Fsp3) is 0.100. The molecule has 6 heteroatoms.